The lowest BCUT2D eigenvalue weighted by molar-refractivity contribution is 0.463. The van der Waals surface area contributed by atoms with Gasteiger partial charge in [-0.1, -0.05) is 6.07 Å². The Bertz CT molecular complexity index is 613. The van der Waals surface area contributed by atoms with Crippen LogP contribution in [0, 0.1) is 6.92 Å². The van der Waals surface area contributed by atoms with Gasteiger partial charge in [0.2, 0.25) is 0 Å². The van der Waals surface area contributed by atoms with E-state index in [9.17, 15) is 0 Å². The number of aromatic nitrogens is 2. The largest absolute Gasteiger partial charge is 0.370 e. The minimum atomic E-state index is 0.662. The Morgan fingerprint density at radius 3 is 2.84 bits per heavy atom. The minimum absolute atomic E-state index is 0.662. The Labute approximate surface area is 113 Å². The highest BCUT2D eigenvalue weighted by Gasteiger charge is 2.34. The number of rotatable bonds is 1. The Balaban J connectivity index is 1.97. The highest BCUT2D eigenvalue weighted by Crippen LogP contribution is 2.46. The van der Waals surface area contributed by atoms with Crippen LogP contribution >= 0.6 is 0 Å². The molecule has 0 radical (unpaired) electrons. The van der Waals surface area contributed by atoms with E-state index in [1.165, 1.54) is 48.4 Å². The van der Waals surface area contributed by atoms with Crippen molar-refractivity contribution in [3.8, 4) is 11.1 Å². The summed E-state index contributed by atoms with van der Waals surface area (Å²) in [6, 6.07) is 6.36. The van der Waals surface area contributed by atoms with Gasteiger partial charge < -0.3 is 4.90 Å². The maximum atomic E-state index is 4.82. The van der Waals surface area contributed by atoms with Crippen LogP contribution in [0.1, 0.15) is 30.1 Å². The molecule has 0 unspecified atom stereocenters. The Kier molecular flexibility index (Phi) is 2.34. The second-order valence-corrected chi connectivity index (χ2v) is 5.55. The summed E-state index contributed by atoms with van der Waals surface area (Å²) in [7, 11) is 0. The van der Waals surface area contributed by atoms with Gasteiger partial charge >= 0.3 is 0 Å². The van der Waals surface area contributed by atoms with E-state index < -0.39 is 0 Å². The van der Waals surface area contributed by atoms with Gasteiger partial charge in [0, 0.05) is 48.2 Å². The van der Waals surface area contributed by atoms with Gasteiger partial charge in [0.05, 0.1) is 11.4 Å². The van der Waals surface area contributed by atoms with Crippen molar-refractivity contribution in [3.05, 3.63) is 42.0 Å². The summed E-state index contributed by atoms with van der Waals surface area (Å²) in [5.41, 5.74) is 6.31. The number of anilines is 1. The van der Waals surface area contributed by atoms with Crippen molar-refractivity contribution in [3.63, 3.8) is 0 Å². The second kappa shape index (κ2) is 4.05. The van der Waals surface area contributed by atoms with Crippen molar-refractivity contribution in [2.45, 2.75) is 25.7 Å². The van der Waals surface area contributed by atoms with Crippen molar-refractivity contribution in [1.82, 2.24) is 9.97 Å². The molecule has 3 heteroatoms. The number of nitrogens with zero attached hydrogens (tertiary/aromatic N) is 3. The maximum Gasteiger partial charge on any atom is 0.0678 e. The SMILES string of the molecule is Cc1cc(-c2cccnc2)c2c(n1)C1CCN2CC1. The summed E-state index contributed by atoms with van der Waals surface area (Å²) in [6.45, 7) is 4.45. The van der Waals surface area contributed by atoms with E-state index in [0.717, 1.165) is 5.69 Å². The normalized spacial score (nSPS) is 17.6. The number of aryl methyl sites for hydroxylation is 1. The molecule has 0 aliphatic carbocycles. The van der Waals surface area contributed by atoms with Crippen LogP contribution < -0.4 is 4.90 Å². The summed E-state index contributed by atoms with van der Waals surface area (Å²) >= 11 is 0. The summed E-state index contributed by atoms with van der Waals surface area (Å²) in [5, 5.41) is 0. The van der Waals surface area contributed by atoms with E-state index in [0.29, 0.717) is 5.92 Å². The fourth-order valence-corrected chi connectivity index (χ4v) is 3.43. The molecule has 3 aliphatic heterocycles. The molecule has 1 fully saturated rings. The first-order valence-electron chi connectivity index (χ1n) is 7.00. The van der Waals surface area contributed by atoms with Gasteiger partial charge in [0.15, 0.2) is 0 Å². The van der Waals surface area contributed by atoms with Crippen molar-refractivity contribution < 1.29 is 0 Å². The van der Waals surface area contributed by atoms with Crippen molar-refractivity contribution in [2.24, 2.45) is 0 Å². The van der Waals surface area contributed by atoms with Gasteiger partial charge in [-0.2, -0.15) is 0 Å². The monoisotopic (exact) mass is 251 g/mol. The molecule has 3 aliphatic rings. The summed E-state index contributed by atoms with van der Waals surface area (Å²) in [4.78, 5) is 11.6. The Morgan fingerprint density at radius 1 is 1.26 bits per heavy atom. The van der Waals surface area contributed by atoms with Crippen LogP contribution in [0.5, 0.6) is 0 Å². The fraction of sp³-hybridized carbons (Fsp3) is 0.375. The van der Waals surface area contributed by atoms with Gasteiger partial charge in [-0.05, 0) is 31.9 Å². The van der Waals surface area contributed by atoms with Gasteiger partial charge in [-0.25, -0.2) is 0 Å². The summed E-state index contributed by atoms with van der Waals surface area (Å²) in [5.74, 6) is 0.662. The van der Waals surface area contributed by atoms with E-state index in [1.807, 2.05) is 18.5 Å². The molecule has 0 N–H and O–H groups in total. The highest BCUT2D eigenvalue weighted by molar-refractivity contribution is 5.81. The molecule has 19 heavy (non-hydrogen) atoms. The van der Waals surface area contributed by atoms with Crippen LogP contribution in [0.2, 0.25) is 0 Å². The van der Waals surface area contributed by atoms with E-state index in [4.69, 9.17) is 4.98 Å². The number of pyridine rings is 2. The molecule has 5 rings (SSSR count). The molecule has 2 aromatic heterocycles. The van der Waals surface area contributed by atoms with Crippen molar-refractivity contribution >= 4 is 5.69 Å². The quantitative estimate of drug-likeness (QED) is 0.779. The van der Waals surface area contributed by atoms with Crippen LogP contribution in [-0.4, -0.2) is 23.1 Å². The first kappa shape index (κ1) is 11.0. The molecule has 2 bridgehead atoms. The lowest BCUT2D eigenvalue weighted by Gasteiger charge is -2.42. The molecule has 1 saturated heterocycles. The smallest absolute Gasteiger partial charge is 0.0678 e. The van der Waals surface area contributed by atoms with E-state index in [2.05, 4.69) is 28.9 Å². The summed E-state index contributed by atoms with van der Waals surface area (Å²) in [6.07, 6.45) is 6.31. The lowest BCUT2D eigenvalue weighted by Crippen LogP contribution is -2.39. The van der Waals surface area contributed by atoms with Crippen molar-refractivity contribution in [1.29, 1.82) is 0 Å². The average molecular weight is 251 g/mol. The molecule has 0 saturated carbocycles. The number of hydrogen-bond donors (Lipinski definition) is 0. The van der Waals surface area contributed by atoms with Crippen LogP contribution in [0.4, 0.5) is 5.69 Å². The van der Waals surface area contributed by atoms with Gasteiger partial charge in [-0.15, -0.1) is 0 Å². The maximum absolute atomic E-state index is 4.82. The minimum Gasteiger partial charge on any atom is -0.370 e. The molecule has 0 spiro atoms. The topological polar surface area (TPSA) is 29.0 Å². The standard InChI is InChI=1S/C16H17N3/c1-11-9-14(13-3-2-6-17-10-13)16-15(18-11)12-4-7-19(16)8-5-12/h2-3,6,9-10,12H,4-5,7-8H2,1H3. The Morgan fingerprint density at radius 2 is 2.11 bits per heavy atom. The van der Waals surface area contributed by atoms with E-state index >= 15 is 0 Å². The molecule has 0 aromatic carbocycles. The fourth-order valence-electron chi connectivity index (χ4n) is 3.43. The molecule has 96 valence electrons. The van der Waals surface area contributed by atoms with Gasteiger partial charge in [-0.3, -0.25) is 9.97 Å². The third-order valence-electron chi connectivity index (χ3n) is 4.32. The van der Waals surface area contributed by atoms with Gasteiger partial charge in [0.1, 0.15) is 0 Å². The third kappa shape index (κ3) is 1.65. The van der Waals surface area contributed by atoms with Crippen LogP contribution in [-0.2, 0) is 0 Å². The molecular weight excluding hydrogens is 234 g/mol. The molecular formula is C16H17N3. The number of piperidine rings is 1. The Hall–Kier alpha value is -1.90. The molecule has 0 atom stereocenters. The molecule has 2 aromatic rings. The zero-order valence-corrected chi connectivity index (χ0v) is 11.1. The molecule has 0 amide bonds. The lowest BCUT2D eigenvalue weighted by atomic mass is 9.84. The molecule has 3 nitrogen and oxygen atoms in total. The summed E-state index contributed by atoms with van der Waals surface area (Å²) < 4.78 is 0. The zero-order chi connectivity index (χ0) is 12.8. The predicted octanol–water partition coefficient (Wildman–Crippen LogP) is 3.15. The van der Waals surface area contributed by atoms with Crippen LogP contribution in [0.3, 0.4) is 0 Å². The highest BCUT2D eigenvalue weighted by atomic mass is 15.2. The second-order valence-electron chi connectivity index (χ2n) is 5.55. The average Bonchev–Trinajstić information content (AvgIpc) is 2.48. The van der Waals surface area contributed by atoms with Crippen LogP contribution in [0.25, 0.3) is 11.1 Å². The predicted molar refractivity (Wildman–Crippen MR) is 76.4 cm³/mol. The number of fused-ring (bicyclic) bond motifs is 2. The van der Waals surface area contributed by atoms with E-state index in [1.54, 1.807) is 0 Å². The number of hydrogen-bond acceptors (Lipinski definition) is 3. The van der Waals surface area contributed by atoms with Gasteiger partial charge in [0.25, 0.3) is 0 Å². The van der Waals surface area contributed by atoms with Crippen molar-refractivity contribution in [2.75, 3.05) is 18.0 Å². The zero-order valence-electron chi connectivity index (χ0n) is 11.1. The first-order valence-corrected chi connectivity index (χ1v) is 7.00. The van der Waals surface area contributed by atoms with Crippen LogP contribution in [0.15, 0.2) is 30.6 Å². The first-order chi connectivity index (χ1) is 9.33. The van der Waals surface area contributed by atoms with E-state index in [-0.39, 0.29) is 0 Å². The third-order valence-corrected chi connectivity index (χ3v) is 4.32. The molecule has 5 heterocycles.